The minimum absolute atomic E-state index is 0.0595. The van der Waals surface area contributed by atoms with Crippen LogP contribution >= 0.6 is 0 Å². The molecule has 5 aliphatic carbocycles. The van der Waals surface area contributed by atoms with E-state index in [1.807, 2.05) is 13.0 Å². The Balaban J connectivity index is 1.24. The van der Waals surface area contributed by atoms with Crippen LogP contribution in [0.15, 0.2) is 11.6 Å². The van der Waals surface area contributed by atoms with E-state index >= 15 is 0 Å². The van der Waals surface area contributed by atoms with Crippen molar-refractivity contribution >= 4 is 17.7 Å². The minimum atomic E-state index is -0.733. The highest BCUT2D eigenvalue weighted by Gasteiger charge is 2.69. The number of esters is 1. The van der Waals surface area contributed by atoms with E-state index in [9.17, 15) is 19.5 Å². The lowest BCUT2D eigenvalue weighted by molar-refractivity contribution is -0.193. The normalized spacial score (nSPS) is 48.7. The van der Waals surface area contributed by atoms with Crippen molar-refractivity contribution in [3.63, 3.8) is 0 Å². The predicted octanol–water partition coefficient (Wildman–Crippen LogP) is 5.82. The van der Waals surface area contributed by atoms with E-state index in [-0.39, 0.29) is 57.3 Å². The van der Waals surface area contributed by atoms with E-state index in [4.69, 9.17) is 4.74 Å². The topological polar surface area (TPSA) is 87.2 Å². The first kappa shape index (κ1) is 31.3. The summed E-state index contributed by atoms with van der Waals surface area (Å²) in [6.07, 6.45) is 10.1. The van der Waals surface area contributed by atoms with Gasteiger partial charge in [0.2, 0.25) is 0 Å². The first-order valence-corrected chi connectivity index (χ1v) is 17.2. The molecule has 0 aromatic carbocycles. The van der Waals surface area contributed by atoms with Crippen LogP contribution in [0.3, 0.4) is 0 Å². The van der Waals surface area contributed by atoms with Crippen LogP contribution in [0.5, 0.6) is 0 Å². The van der Waals surface area contributed by atoms with E-state index in [1.165, 1.54) is 5.57 Å². The highest BCUT2D eigenvalue weighted by atomic mass is 16.5. The molecule has 240 valence electrons. The van der Waals surface area contributed by atoms with Crippen LogP contribution in [0.25, 0.3) is 0 Å². The van der Waals surface area contributed by atoms with Gasteiger partial charge in [0, 0.05) is 32.1 Å². The number of carboxylic acid groups (broad SMARTS) is 1. The monoisotopic (exact) mass is 596 g/mol. The molecular weight excluding hydrogens is 540 g/mol. The highest BCUT2D eigenvalue weighted by molar-refractivity contribution is 5.95. The summed E-state index contributed by atoms with van der Waals surface area (Å²) in [4.78, 5) is 44.4. The Bertz CT molecular complexity index is 1210. The maximum absolute atomic E-state index is 14.5. The second kappa shape index (κ2) is 10.4. The Labute approximate surface area is 259 Å². The summed E-state index contributed by atoms with van der Waals surface area (Å²) in [5.41, 5.74) is 0.170. The van der Waals surface area contributed by atoms with Crippen LogP contribution in [0, 0.1) is 50.7 Å². The molecule has 0 spiro atoms. The van der Waals surface area contributed by atoms with E-state index in [0.29, 0.717) is 25.3 Å². The van der Waals surface area contributed by atoms with Gasteiger partial charge in [-0.15, -0.1) is 0 Å². The van der Waals surface area contributed by atoms with Gasteiger partial charge in [-0.2, -0.15) is 0 Å². The lowest BCUT2D eigenvalue weighted by atomic mass is 9.34. The standard InChI is InChI=1S/C36H56N2O5/c1-23-24-8-11-36(6)30(34(24,4)10-9-28(23)43-29(40)22-38-18-16-37(7)17-19-38)27(39)20-25-26-21-33(3,31(41)42)13-12-32(26,2)14-15-35(25,36)5/h20,23-24,26,28,30H,8-19,21-22H2,1-7H3,(H,41,42)/t23-,24+,26+,28+,30?,32-,33+,34+,35-,36-/m1/s1. The fourth-order valence-corrected chi connectivity index (χ4v) is 11.5. The maximum Gasteiger partial charge on any atom is 0.320 e. The molecule has 0 amide bonds. The number of rotatable bonds is 4. The van der Waals surface area contributed by atoms with Gasteiger partial charge in [-0.3, -0.25) is 19.3 Å². The number of ketones is 1. The van der Waals surface area contributed by atoms with Gasteiger partial charge in [0.15, 0.2) is 5.78 Å². The highest BCUT2D eigenvalue weighted by Crippen LogP contribution is 2.74. The number of carbonyl (C=O) groups is 3. The predicted molar refractivity (Wildman–Crippen MR) is 166 cm³/mol. The van der Waals surface area contributed by atoms with Crippen molar-refractivity contribution < 1.29 is 24.2 Å². The van der Waals surface area contributed by atoms with Crippen LogP contribution in [0.2, 0.25) is 0 Å². The molecule has 6 rings (SSSR count). The number of hydrogen-bond acceptors (Lipinski definition) is 6. The molecule has 1 unspecified atom stereocenters. The molecule has 4 saturated carbocycles. The smallest absolute Gasteiger partial charge is 0.320 e. The summed E-state index contributed by atoms with van der Waals surface area (Å²) in [5.74, 6) is 0.101. The number of ether oxygens (including phenoxy) is 1. The maximum atomic E-state index is 14.5. The van der Waals surface area contributed by atoms with Gasteiger partial charge in [-0.25, -0.2) is 0 Å². The van der Waals surface area contributed by atoms with E-state index in [1.54, 1.807) is 0 Å². The first-order chi connectivity index (χ1) is 20.1. The molecule has 7 nitrogen and oxygen atoms in total. The summed E-state index contributed by atoms with van der Waals surface area (Å²) in [7, 11) is 2.12. The average molecular weight is 597 g/mol. The molecule has 0 radical (unpaired) electrons. The van der Waals surface area contributed by atoms with Crippen molar-refractivity contribution in [2.24, 2.45) is 50.7 Å². The van der Waals surface area contributed by atoms with E-state index in [2.05, 4.69) is 51.5 Å². The van der Waals surface area contributed by atoms with Gasteiger partial charge in [0.25, 0.3) is 0 Å². The van der Waals surface area contributed by atoms with Crippen LogP contribution in [-0.2, 0) is 19.1 Å². The Hall–Kier alpha value is -1.73. The van der Waals surface area contributed by atoms with Crippen LogP contribution in [0.4, 0.5) is 0 Å². The SMILES string of the molecule is C[C@H]1[C@@H](OC(=O)CN2CCN(C)CC2)CC[C@]2(C)C3C(=O)C=C4[C@@H]5C[C@@](C)(C(=O)O)CC[C@]5(C)CC[C@@]4(C)[C@]3(C)CC[C@@H]12. The van der Waals surface area contributed by atoms with Gasteiger partial charge < -0.3 is 14.7 Å². The van der Waals surface area contributed by atoms with Crippen molar-refractivity contribution in [3.05, 3.63) is 11.6 Å². The van der Waals surface area contributed by atoms with Crippen LogP contribution in [-0.4, -0.2) is 78.5 Å². The Kier molecular flexibility index (Phi) is 7.56. The molecule has 43 heavy (non-hydrogen) atoms. The number of carboxylic acids is 1. The van der Waals surface area contributed by atoms with E-state index in [0.717, 1.165) is 71.1 Å². The molecule has 0 aromatic rings. The molecule has 0 bridgehead atoms. The van der Waals surface area contributed by atoms with Gasteiger partial charge in [0.1, 0.15) is 6.10 Å². The van der Waals surface area contributed by atoms with Gasteiger partial charge in [-0.05, 0) is 117 Å². The number of hydrogen-bond donors (Lipinski definition) is 1. The van der Waals surface area contributed by atoms with Gasteiger partial charge in [0.05, 0.1) is 12.0 Å². The summed E-state index contributed by atoms with van der Waals surface area (Å²) in [6.45, 7) is 17.9. The molecule has 10 atom stereocenters. The summed E-state index contributed by atoms with van der Waals surface area (Å²) in [5, 5.41) is 10.2. The second-order valence-corrected chi connectivity index (χ2v) is 17.1. The largest absolute Gasteiger partial charge is 0.481 e. The third-order valence-electron chi connectivity index (χ3n) is 14.8. The summed E-state index contributed by atoms with van der Waals surface area (Å²) < 4.78 is 6.19. The Morgan fingerprint density at radius 2 is 1.63 bits per heavy atom. The van der Waals surface area contributed by atoms with Crippen molar-refractivity contribution in [1.82, 2.24) is 9.80 Å². The first-order valence-electron chi connectivity index (χ1n) is 17.2. The molecular formula is C36H56N2O5. The zero-order valence-corrected chi connectivity index (χ0v) is 27.8. The van der Waals surface area contributed by atoms with Gasteiger partial charge in [-0.1, -0.05) is 40.2 Å². The molecule has 5 fully saturated rings. The Morgan fingerprint density at radius 1 is 0.953 bits per heavy atom. The quantitative estimate of drug-likeness (QED) is 0.409. The molecule has 1 saturated heterocycles. The number of fused-ring (bicyclic) bond motifs is 7. The molecule has 1 heterocycles. The fourth-order valence-electron chi connectivity index (χ4n) is 11.5. The number of nitrogens with zero attached hydrogens (tertiary/aromatic N) is 2. The molecule has 1 aliphatic heterocycles. The van der Waals surface area contributed by atoms with E-state index < -0.39 is 11.4 Å². The zero-order valence-electron chi connectivity index (χ0n) is 27.8. The van der Waals surface area contributed by atoms with Crippen molar-refractivity contribution in [2.75, 3.05) is 39.8 Å². The van der Waals surface area contributed by atoms with Crippen molar-refractivity contribution in [3.8, 4) is 0 Å². The zero-order chi connectivity index (χ0) is 31.2. The molecule has 1 N–H and O–H groups in total. The molecule has 6 aliphatic rings. The fraction of sp³-hybridized carbons (Fsp3) is 0.861. The van der Waals surface area contributed by atoms with Crippen molar-refractivity contribution in [1.29, 1.82) is 0 Å². The van der Waals surface area contributed by atoms with Gasteiger partial charge >= 0.3 is 11.9 Å². The number of aliphatic carboxylic acids is 1. The van der Waals surface area contributed by atoms with Crippen LogP contribution in [0.1, 0.15) is 99.3 Å². The second-order valence-electron chi connectivity index (χ2n) is 17.1. The lowest BCUT2D eigenvalue weighted by Crippen LogP contribution is -2.65. The third kappa shape index (κ3) is 4.68. The molecule has 7 heteroatoms. The van der Waals surface area contributed by atoms with Crippen LogP contribution < -0.4 is 0 Å². The number of likely N-dealkylation sites (N-methyl/N-ethyl adjacent to an activating group) is 1. The third-order valence-corrected chi connectivity index (χ3v) is 14.8. The number of piperazine rings is 1. The summed E-state index contributed by atoms with van der Waals surface area (Å²) in [6, 6.07) is 0. The minimum Gasteiger partial charge on any atom is -0.481 e. The average Bonchev–Trinajstić information content (AvgIpc) is 2.93. The Morgan fingerprint density at radius 3 is 2.30 bits per heavy atom. The lowest BCUT2D eigenvalue weighted by Gasteiger charge is -2.69. The number of allylic oxidation sites excluding steroid dienone is 2. The molecule has 0 aromatic heterocycles. The summed E-state index contributed by atoms with van der Waals surface area (Å²) >= 11 is 0. The van der Waals surface area contributed by atoms with Crippen molar-refractivity contribution in [2.45, 2.75) is 105 Å². The number of carbonyl (C=O) groups excluding carboxylic acids is 2.